The van der Waals surface area contributed by atoms with E-state index >= 15 is 0 Å². The summed E-state index contributed by atoms with van der Waals surface area (Å²) in [5.41, 5.74) is 9.61. The molecule has 2 atom stereocenters. The van der Waals surface area contributed by atoms with Crippen LogP contribution in [0.4, 0.5) is 0 Å². The summed E-state index contributed by atoms with van der Waals surface area (Å²) in [6.45, 7) is 20.1. The number of allylic oxidation sites excluding steroid dienone is 4. The van der Waals surface area contributed by atoms with Crippen LogP contribution in [0.5, 0.6) is 0 Å². The van der Waals surface area contributed by atoms with Gasteiger partial charge >= 0.3 is 273 Å². The Morgan fingerprint density at radius 1 is 0.717 bits per heavy atom. The molecule has 4 aliphatic carbocycles. The molecule has 254 valence electrons. The third-order valence-corrected chi connectivity index (χ3v) is 35.2. The van der Waals surface area contributed by atoms with Crippen molar-refractivity contribution in [2.24, 2.45) is 11.8 Å². The molecule has 3 heteroatoms. The molecule has 0 heterocycles. The molecule has 46 heavy (non-hydrogen) atoms. The molecule has 0 saturated heterocycles. The number of hydrogen-bond acceptors (Lipinski definition) is 0. The second-order valence-corrected chi connectivity index (χ2v) is 33.2. The van der Waals surface area contributed by atoms with E-state index in [0.29, 0.717) is 7.25 Å². The summed E-state index contributed by atoms with van der Waals surface area (Å²) in [6.07, 6.45) is 23.9. The number of fused-ring (bicyclic) bond motifs is 3. The SMILES string of the molecule is Cl.Cl.[CH2]=[Zr]([C]1=CC=CC1)([c]1c(C(C)(C)C)ccc2c1Cc1cc(C(C)(C)C)ccc1-2)([CH](C)C1CCCCC1)[CH](C)C1CCCCC1. The van der Waals surface area contributed by atoms with Gasteiger partial charge in [0, 0.05) is 0 Å². The van der Waals surface area contributed by atoms with Crippen molar-refractivity contribution < 1.29 is 18.3 Å². The van der Waals surface area contributed by atoms with Gasteiger partial charge in [0.1, 0.15) is 0 Å². The van der Waals surface area contributed by atoms with Gasteiger partial charge in [0.2, 0.25) is 0 Å². The van der Waals surface area contributed by atoms with Crippen molar-refractivity contribution >= 4 is 32.3 Å². The molecule has 2 aromatic carbocycles. The van der Waals surface area contributed by atoms with Crippen LogP contribution in [0.15, 0.2) is 51.8 Å². The van der Waals surface area contributed by atoms with Gasteiger partial charge in [-0.05, 0) is 0 Å². The zero-order valence-corrected chi connectivity index (χ0v) is 34.5. The van der Waals surface area contributed by atoms with Gasteiger partial charge in [0.05, 0.1) is 0 Å². The summed E-state index contributed by atoms with van der Waals surface area (Å²) < 4.78 is 11.1. The van der Waals surface area contributed by atoms with Crippen LogP contribution in [0.2, 0.25) is 7.25 Å². The van der Waals surface area contributed by atoms with E-state index in [2.05, 4.69) is 104 Å². The van der Waals surface area contributed by atoms with Crippen LogP contribution in [0, 0.1) is 11.8 Å². The molecule has 0 amide bonds. The molecule has 2 fully saturated rings. The maximum atomic E-state index is 6.08. The number of benzene rings is 2. The Morgan fingerprint density at radius 2 is 1.26 bits per heavy atom. The van der Waals surface area contributed by atoms with Crippen LogP contribution in [-0.2, 0) is 35.5 Å². The molecule has 0 aliphatic heterocycles. The first-order chi connectivity index (χ1) is 20.8. The number of hydrogen-bond donors (Lipinski definition) is 0. The maximum absolute atomic E-state index is 6.08. The van der Waals surface area contributed by atoms with Gasteiger partial charge in [-0.3, -0.25) is 0 Å². The zero-order chi connectivity index (χ0) is 31.5. The summed E-state index contributed by atoms with van der Waals surface area (Å²) in [6, 6.07) is 12.6. The number of rotatable bonds is 6. The molecule has 0 radical (unpaired) electrons. The van der Waals surface area contributed by atoms with Crippen LogP contribution in [-0.4, -0.2) is 4.21 Å². The van der Waals surface area contributed by atoms with Gasteiger partial charge in [-0.2, -0.15) is 0 Å². The molecule has 2 unspecified atom stereocenters. The average Bonchev–Trinajstić information content (AvgIpc) is 3.68. The summed E-state index contributed by atoms with van der Waals surface area (Å²) in [7, 11) is 0. The minimum atomic E-state index is -4.40. The van der Waals surface area contributed by atoms with E-state index < -0.39 is 18.3 Å². The Bertz CT molecular complexity index is 1500. The zero-order valence-electron chi connectivity index (χ0n) is 30.4. The van der Waals surface area contributed by atoms with E-state index in [1.165, 1.54) is 80.9 Å². The third-order valence-electron chi connectivity index (χ3n) is 13.7. The first-order valence-corrected chi connectivity index (χ1v) is 25.5. The van der Waals surface area contributed by atoms with E-state index in [0.717, 1.165) is 24.7 Å². The van der Waals surface area contributed by atoms with E-state index in [9.17, 15) is 0 Å². The van der Waals surface area contributed by atoms with Crippen molar-refractivity contribution in [2.45, 2.75) is 151 Å². The fourth-order valence-corrected chi connectivity index (χ4v) is 33.4. The van der Waals surface area contributed by atoms with Crippen molar-refractivity contribution in [3.05, 3.63) is 74.1 Å². The van der Waals surface area contributed by atoms with E-state index in [4.69, 9.17) is 4.21 Å². The number of halogens is 2. The molecule has 2 saturated carbocycles. The monoisotopic (exact) mass is 740 g/mol. The normalized spacial score (nSPS) is 20.7. The van der Waals surface area contributed by atoms with Crippen molar-refractivity contribution in [1.82, 2.24) is 0 Å². The Hall–Kier alpha value is -0.747. The van der Waals surface area contributed by atoms with Gasteiger partial charge in [-0.1, -0.05) is 0 Å². The molecule has 0 aromatic heterocycles. The van der Waals surface area contributed by atoms with E-state index in [1.807, 2.05) is 6.55 Å². The van der Waals surface area contributed by atoms with E-state index in [-0.39, 0.29) is 35.6 Å². The molecular weight excluding hydrogens is 679 g/mol. The standard InChI is InChI=1S/C21H25.2C8H15.C5H5.CH2.2ClH.Zr/c1-20(2,3)16-7-9-18-14(12-16)11-15-13-17(21(4,5)6)8-10-19(15)18;2*1-2-8-6-4-3-5-7-8;1-2-4-5-3-1;;;;/h7-10,12H,11H2,1-6H3;2*2,8H,3-7H2,1H3;1-3H,4H2;1H2;2*1H;. The molecule has 0 bridgehead atoms. The third kappa shape index (κ3) is 6.13. The van der Waals surface area contributed by atoms with Gasteiger partial charge in [0.15, 0.2) is 0 Å². The van der Waals surface area contributed by atoms with Crippen LogP contribution >= 0.6 is 24.8 Å². The van der Waals surface area contributed by atoms with Gasteiger partial charge in [-0.25, -0.2) is 0 Å². The fraction of sp³-hybridized carbons (Fsp3) is 0.605. The first kappa shape index (κ1) is 38.1. The summed E-state index contributed by atoms with van der Waals surface area (Å²) in [4.78, 5) is 0. The van der Waals surface area contributed by atoms with Crippen LogP contribution in [0.3, 0.4) is 0 Å². The molecule has 0 N–H and O–H groups in total. The molecule has 0 nitrogen and oxygen atoms in total. The quantitative estimate of drug-likeness (QED) is 0.236. The van der Waals surface area contributed by atoms with Gasteiger partial charge in [0.25, 0.3) is 0 Å². The molecular formula is C43H64Cl2Zr. The van der Waals surface area contributed by atoms with E-state index in [1.54, 1.807) is 16.7 Å². The van der Waals surface area contributed by atoms with Crippen LogP contribution in [0.1, 0.15) is 148 Å². The topological polar surface area (TPSA) is 0 Å². The second kappa shape index (κ2) is 13.9. The predicted molar refractivity (Wildman–Crippen MR) is 207 cm³/mol. The molecule has 6 rings (SSSR count). The first-order valence-electron chi connectivity index (χ1n) is 18.5. The Morgan fingerprint density at radius 3 is 1.74 bits per heavy atom. The Balaban J connectivity index is 0.00000240. The summed E-state index contributed by atoms with van der Waals surface area (Å²) >= 11 is -4.40. The molecule has 4 aliphatic rings. The van der Waals surface area contributed by atoms with Crippen LogP contribution in [0.25, 0.3) is 11.1 Å². The van der Waals surface area contributed by atoms with Crippen molar-refractivity contribution in [3.63, 3.8) is 0 Å². The minimum absolute atomic E-state index is 0. The summed E-state index contributed by atoms with van der Waals surface area (Å²) in [5.74, 6) is 1.61. The second-order valence-electron chi connectivity index (χ2n) is 17.9. The van der Waals surface area contributed by atoms with Crippen molar-refractivity contribution in [2.75, 3.05) is 0 Å². The van der Waals surface area contributed by atoms with Gasteiger partial charge in [-0.15, -0.1) is 24.8 Å². The molecule has 0 spiro atoms. The molecule has 2 aromatic rings. The Kier molecular flexibility index (Phi) is 11.5. The Labute approximate surface area is 296 Å². The average molecular weight is 743 g/mol. The van der Waals surface area contributed by atoms with Crippen LogP contribution < -0.4 is 3.27 Å². The van der Waals surface area contributed by atoms with Crippen molar-refractivity contribution in [1.29, 1.82) is 0 Å². The van der Waals surface area contributed by atoms with Gasteiger partial charge < -0.3 is 0 Å². The summed E-state index contributed by atoms with van der Waals surface area (Å²) in [5, 5.41) is 0. The fourth-order valence-electron chi connectivity index (χ4n) is 10.9. The van der Waals surface area contributed by atoms with Crippen molar-refractivity contribution in [3.8, 4) is 11.1 Å². The predicted octanol–water partition coefficient (Wildman–Crippen LogP) is 13.1.